The number of nitrogen functional groups attached to an aromatic ring is 1. The molecule has 4 nitrogen and oxygen atoms in total. The van der Waals surface area contributed by atoms with E-state index >= 15 is 0 Å². The van der Waals surface area contributed by atoms with Crippen LogP contribution >= 0.6 is 15.9 Å². The molecule has 3 rings (SSSR count). The molecule has 3 N–H and O–H groups in total. The fraction of sp³-hybridized carbons (Fsp3) is 0.417. The van der Waals surface area contributed by atoms with Crippen LogP contribution in [0.15, 0.2) is 27.1 Å². The van der Waals surface area contributed by atoms with Gasteiger partial charge in [-0.2, -0.15) is 4.98 Å². The van der Waals surface area contributed by atoms with Crippen LogP contribution in [0.2, 0.25) is 0 Å². The van der Waals surface area contributed by atoms with Gasteiger partial charge < -0.3 is 15.5 Å². The van der Waals surface area contributed by atoms with E-state index in [9.17, 15) is 4.39 Å². The lowest BCUT2D eigenvalue weighted by atomic mass is 10.3. The van der Waals surface area contributed by atoms with E-state index in [4.69, 9.17) is 10.2 Å². The van der Waals surface area contributed by atoms with E-state index in [2.05, 4.69) is 26.2 Å². The van der Waals surface area contributed by atoms with Crippen molar-refractivity contribution >= 4 is 33.0 Å². The molecule has 0 saturated carbocycles. The molecule has 0 aliphatic carbocycles. The molecule has 1 aliphatic heterocycles. The lowest BCUT2D eigenvalue weighted by Gasteiger charge is -1.85. The lowest BCUT2D eigenvalue weighted by Crippen LogP contribution is -2.03. The van der Waals surface area contributed by atoms with Gasteiger partial charge in [0.25, 0.3) is 6.01 Å². The number of fused-ring (bicyclic) bond motifs is 1. The molecule has 0 spiro atoms. The van der Waals surface area contributed by atoms with Crippen LogP contribution in [0.3, 0.4) is 0 Å². The van der Waals surface area contributed by atoms with Crippen molar-refractivity contribution in [1.82, 2.24) is 10.3 Å². The Kier molecular flexibility index (Phi) is 6.67. The molecule has 1 aromatic heterocycles. The van der Waals surface area contributed by atoms with Gasteiger partial charge in [-0.05, 0) is 44.1 Å². The first-order chi connectivity index (χ1) is 8.75. The van der Waals surface area contributed by atoms with Crippen molar-refractivity contribution in [3.05, 3.63) is 22.7 Å². The predicted octanol–water partition coefficient (Wildman–Crippen LogP) is 3.13. The summed E-state index contributed by atoms with van der Waals surface area (Å²) in [4.78, 5) is 3.96. The Hall–Kier alpha value is -1.14. The highest BCUT2D eigenvalue weighted by molar-refractivity contribution is 9.10. The normalized spacial score (nSPS) is 13.5. The molecular weight excluding hydrogens is 301 g/mol. The van der Waals surface area contributed by atoms with Crippen LogP contribution in [0.25, 0.3) is 11.1 Å². The van der Waals surface area contributed by atoms with Gasteiger partial charge in [0, 0.05) is 4.47 Å². The molecule has 0 amide bonds. The second-order valence-electron chi connectivity index (χ2n) is 3.62. The maximum atomic E-state index is 9.50. The summed E-state index contributed by atoms with van der Waals surface area (Å²) in [6.07, 6.45) is 2.78. The average Bonchev–Trinajstić information content (AvgIpc) is 3.02. The van der Waals surface area contributed by atoms with Crippen molar-refractivity contribution in [2.24, 2.45) is 0 Å². The number of halogens is 2. The number of aromatic nitrogens is 1. The molecule has 6 heteroatoms. The molecule has 0 atom stereocenters. The molecule has 18 heavy (non-hydrogen) atoms. The van der Waals surface area contributed by atoms with Crippen LogP contribution < -0.4 is 11.1 Å². The predicted molar refractivity (Wildman–Crippen MR) is 75.3 cm³/mol. The van der Waals surface area contributed by atoms with Crippen molar-refractivity contribution in [3.63, 3.8) is 0 Å². The number of nitrogens with two attached hydrogens (primary N) is 1. The average molecular weight is 318 g/mol. The van der Waals surface area contributed by atoms with Crippen molar-refractivity contribution in [2.45, 2.75) is 12.8 Å². The number of anilines is 1. The number of nitrogens with zero attached hydrogens (tertiary/aromatic N) is 1. The quantitative estimate of drug-likeness (QED) is 0.783. The van der Waals surface area contributed by atoms with E-state index in [1.165, 1.54) is 25.9 Å². The fourth-order valence-electron chi connectivity index (χ4n) is 1.54. The minimum absolute atomic E-state index is 0.207. The summed E-state index contributed by atoms with van der Waals surface area (Å²) in [5.74, 6) is 0. The second-order valence-corrected chi connectivity index (χ2v) is 4.54. The van der Waals surface area contributed by atoms with Crippen LogP contribution in [0, 0.1) is 0 Å². The minimum Gasteiger partial charge on any atom is -0.424 e. The summed E-state index contributed by atoms with van der Waals surface area (Å²) in [7, 11) is 0.500. The van der Waals surface area contributed by atoms with Crippen molar-refractivity contribution in [3.8, 4) is 0 Å². The molecule has 1 fully saturated rings. The summed E-state index contributed by atoms with van der Waals surface area (Å²) in [5.41, 5.74) is 6.84. The maximum absolute atomic E-state index is 9.50. The Bertz CT molecular complexity index is 464. The van der Waals surface area contributed by atoms with E-state index in [1.807, 2.05) is 18.2 Å². The zero-order chi connectivity index (χ0) is 13.4. The topological polar surface area (TPSA) is 64.1 Å². The summed E-state index contributed by atoms with van der Waals surface area (Å²) in [6.45, 7) is 2.50. The molecular formula is C12H17BrFN3O. The van der Waals surface area contributed by atoms with Gasteiger partial charge in [0.2, 0.25) is 0 Å². The SMILES string of the molecule is C1CCNC1.CF.Nc1nc2cc(Br)ccc2o1. The highest BCUT2D eigenvalue weighted by atomic mass is 79.9. The maximum Gasteiger partial charge on any atom is 0.292 e. The molecule has 1 saturated heterocycles. The molecule has 0 unspecified atom stereocenters. The van der Waals surface area contributed by atoms with Gasteiger partial charge in [-0.1, -0.05) is 15.9 Å². The molecule has 100 valence electrons. The first-order valence-electron chi connectivity index (χ1n) is 5.66. The van der Waals surface area contributed by atoms with Gasteiger partial charge in [0.15, 0.2) is 5.58 Å². The third-order valence-corrected chi connectivity index (χ3v) is 2.82. The second kappa shape index (κ2) is 8.05. The molecule has 1 aromatic carbocycles. The minimum atomic E-state index is 0.207. The standard InChI is InChI=1S/C7H5BrN2O.C4H9N.CH3F/c8-4-1-2-6-5(3-4)10-7(9)11-6;1-2-4-5-3-1;1-2/h1-3H,(H2,9,10);5H,1-4H2;1H3. The van der Waals surface area contributed by atoms with Crippen LogP contribution in [0.5, 0.6) is 0 Å². The highest BCUT2D eigenvalue weighted by Gasteiger charge is 2.01. The number of alkyl halides is 1. The lowest BCUT2D eigenvalue weighted by molar-refractivity contribution is 0.626. The Labute approximate surface area is 114 Å². The van der Waals surface area contributed by atoms with E-state index in [1.54, 1.807) is 0 Å². The zero-order valence-electron chi connectivity index (χ0n) is 10.2. The fourth-order valence-corrected chi connectivity index (χ4v) is 1.89. The number of benzene rings is 1. The van der Waals surface area contributed by atoms with Gasteiger partial charge in [-0.3, -0.25) is 4.39 Å². The largest absolute Gasteiger partial charge is 0.424 e. The van der Waals surface area contributed by atoms with E-state index in [0.29, 0.717) is 12.8 Å². The summed E-state index contributed by atoms with van der Waals surface area (Å²) >= 11 is 3.32. The number of nitrogens with one attached hydrogen (secondary N) is 1. The Morgan fingerprint density at radius 1 is 1.33 bits per heavy atom. The molecule has 2 aromatic rings. The smallest absolute Gasteiger partial charge is 0.292 e. The Morgan fingerprint density at radius 2 is 2.00 bits per heavy atom. The summed E-state index contributed by atoms with van der Waals surface area (Å²) in [5, 5.41) is 3.22. The van der Waals surface area contributed by atoms with Crippen LogP contribution in [-0.2, 0) is 0 Å². The van der Waals surface area contributed by atoms with Crippen molar-refractivity contribution < 1.29 is 8.81 Å². The van der Waals surface area contributed by atoms with Gasteiger partial charge in [0.05, 0.1) is 7.18 Å². The number of rotatable bonds is 0. The van der Waals surface area contributed by atoms with Gasteiger partial charge in [0.1, 0.15) is 5.52 Å². The van der Waals surface area contributed by atoms with Gasteiger partial charge in [-0.15, -0.1) is 0 Å². The molecule has 0 bridgehead atoms. The van der Waals surface area contributed by atoms with Gasteiger partial charge >= 0.3 is 0 Å². The van der Waals surface area contributed by atoms with Crippen LogP contribution in [0.4, 0.5) is 10.4 Å². The number of oxazole rings is 1. The third-order valence-electron chi connectivity index (χ3n) is 2.32. The molecule has 1 aliphatic rings. The first kappa shape index (κ1) is 14.9. The third kappa shape index (κ3) is 4.62. The summed E-state index contributed by atoms with van der Waals surface area (Å²) < 4.78 is 15.5. The van der Waals surface area contributed by atoms with Crippen molar-refractivity contribution in [2.75, 3.05) is 26.0 Å². The number of hydrogen-bond acceptors (Lipinski definition) is 4. The van der Waals surface area contributed by atoms with E-state index in [-0.39, 0.29) is 6.01 Å². The van der Waals surface area contributed by atoms with E-state index in [0.717, 1.165) is 9.99 Å². The zero-order valence-corrected chi connectivity index (χ0v) is 11.8. The first-order valence-corrected chi connectivity index (χ1v) is 6.45. The Morgan fingerprint density at radius 3 is 2.56 bits per heavy atom. The molecule has 2 heterocycles. The monoisotopic (exact) mass is 317 g/mol. The van der Waals surface area contributed by atoms with Crippen LogP contribution in [-0.4, -0.2) is 25.3 Å². The van der Waals surface area contributed by atoms with E-state index < -0.39 is 0 Å². The van der Waals surface area contributed by atoms with Crippen LogP contribution in [0.1, 0.15) is 12.8 Å². The van der Waals surface area contributed by atoms with Crippen molar-refractivity contribution in [1.29, 1.82) is 0 Å². The Balaban J connectivity index is 0.000000195. The highest BCUT2D eigenvalue weighted by Crippen LogP contribution is 2.20. The number of hydrogen-bond donors (Lipinski definition) is 2. The summed E-state index contributed by atoms with van der Waals surface area (Å²) in [6, 6.07) is 5.77. The van der Waals surface area contributed by atoms with Gasteiger partial charge in [-0.25, -0.2) is 0 Å². The molecule has 0 radical (unpaired) electrons.